The van der Waals surface area contributed by atoms with Gasteiger partial charge < -0.3 is 10.1 Å². The number of fused-ring (bicyclic) bond motifs is 1. The molecule has 0 radical (unpaired) electrons. The van der Waals surface area contributed by atoms with Crippen molar-refractivity contribution in [3.8, 4) is 0 Å². The fourth-order valence-electron chi connectivity index (χ4n) is 3.33. The monoisotopic (exact) mass is 435 g/mol. The van der Waals surface area contributed by atoms with E-state index in [-0.39, 0.29) is 17.1 Å². The Morgan fingerprint density at radius 1 is 1.21 bits per heavy atom. The standard InChI is InChI=1S/C21H25NO5S2/c1-4-27-21(24)18-16-10-5-6-11-17(16)28-20(18)22-19(23)14-8-7-9-15(12-14)29(25,26)13(2)3/h7-9,12-13H,4-6,10-11H2,1-3H3,(H,22,23). The Balaban J connectivity index is 1.94. The second-order valence-electron chi connectivity index (χ2n) is 7.21. The normalized spacial score (nSPS) is 13.8. The lowest BCUT2D eigenvalue weighted by atomic mass is 9.95. The number of thiophene rings is 1. The second-order valence-corrected chi connectivity index (χ2v) is 10.8. The number of nitrogens with one attached hydrogen (secondary N) is 1. The molecule has 0 fully saturated rings. The molecule has 1 amide bonds. The molecule has 29 heavy (non-hydrogen) atoms. The van der Waals surface area contributed by atoms with E-state index >= 15 is 0 Å². The molecule has 8 heteroatoms. The Bertz CT molecular complexity index is 1040. The molecular weight excluding hydrogens is 410 g/mol. The molecule has 0 unspecified atom stereocenters. The van der Waals surface area contributed by atoms with Crippen LogP contribution in [0, 0.1) is 0 Å². The van der Waals surface area contributed by atoms with Crippen LogP contribution >= 0.6 is 11.3 Å². The molecule has 1 aliphatic carbocycles. The molecule has 156 valence electrons. The molecule has 0 atom stereocenters. The topological polar surface area (TPSA) is 89.5 Å². The lowest BCUT2D eigenvalue weighted by molar-refractivity contribution is 0.0526. The van der Waals surface area contributed by atoms with Crippen molar-refractivity contribution in [3.63, 3.8) is 0 Å². The number of hydrogen-bond donors (Lipinski definition) is 1. The number of rotatable bonds is 6. The fraction of sp³-hybridized carbons (Fsp3) is 0.429. The molecular formula is C21H25NO5S2. The number of amides is 1. The third-order valence-corrected chi connectivity index (χ3v) is 8.28. The number of anilines is 1. The molecule has 6 nitrogen and oxygen atoms in total. The summed E-state index contributed by atoms with van der Waals surface area (Å²) in [6.07, 6.45) is 3.72. The zero-order valence-electron chi connectivity index (χ0n) is 16.8. The largest absolute Gasteiger partial charge is 0.462 e. The van der Waals surface area contributed by atoms with Crippen molar-refractivity contribution in [1.29, 1.82) is 0 Å². The quantitative estimate of drug-likeness (QED) is 0.686. The highest BCUT2D eigenvalue weighted by Gasteiger charge is 2.28. The summed E-state index contributed by atoms with van der Waals surface area (Å²) in [6, 6.07) is 5.98. The van der Waals surface area contributed by atoms with Crippen LogP contribution < -0.4 is 5.32 Å². The van der Waals surface area contributed by atoms with Crippen molar-refractivity contribution < 1.29 is 22.7 Å². The molecule has 3 rings (SSSR count). The predicted octanol–water partition coefficient (Wildman–Crippen LogP) is 4.24. The highest BCUT2D eigenvalue weighted by atomic mass is 32.2. The molecule has 2 aromatic rings. The molecule has 1 heterocycles. The summed E-state index contributed by atoms with van der Waals surface area (Å²) in [5, 5.41) is 2.70. The Morgan fingerprint density at radius 2 is 1.93 bits per heavy atom. The van der Waals surface area contributed by atoms with Crippen molar-refractivity contribution >= 4 is 38.1 Å². The van der Waals surface area contributed by atoms with Gasteiger partial charge in [-0.15, -0.1) is 11.3 Å². The van der Waals surface area contributed by atoms with Gasteiger partial charge in [-0.05, 0) is 70.2 Å². The van der Waals surface area contributed by atoms with Gasteiger partial charge in [0.25, 0.3) is 5.91 Å². The summed E-state index contributed by atoms with van der Waals surface area (Å²) in [5.41, 5.74) is 1.63. The number of esters is 1. The summed E-state index contributed by atoms with van der Waals surface area (Å²) in [4.78, 5) is 26.6. The van der Waals surface area contributed by atoms with Crippen LogP contribution in [0.4, 0.5) is 5.00 Å². The zero-order valence-corrected chi connectivity index (χ0v) is 18.4. The van der Waals surface area contributed by atoms with Gasteiger partial charge in [0, 0.05) is 10.4 Å². The number of carbonyl (C=O) groups is 2. The van der Waals surface area contributed by atoms with E-state index in [1.165, 1.54) is 23.5 Å². The van der Waals surface area contributed by atoms with Crippen molar-refractivity contribution in [2.45, 2.75) is 56.6 Å². The molecule has 1 aliphatic rings. The number of aryl methyl sites for hydroxylation is 1. The van der Waals surface area contributed by atoms with Gasteiger partial charge >= 0.3 is 5.97 Å². The van der Waals surface area contributed by atoms with Gasteiger partial charge in [0.05, 0.1) is 22.3 Å². The highest BCUT2D eigenvalue weighted by Crippen LogP contribution is 2.38. The molecule has 0 saturated heterocycles. The van der Waals surface area contributed by atoms with Gasteiger partial charge in [-0.3, -0.25) is 4.79 Å². The van der Waals surface area contributed by atoms with Gasteiger partial charge in [-0.2, -0.15) is 0 Å². The van der Waals surface area contributed by atoms with Gasteiger partial charge in [0.2, 0.25) is 0 Å². The SMILES string of the molecule is CCOC(=O)c1c(NC(=O)c2cccc(S(=O)(=O)C(C)C)c2)sc2c1CCCC2. The minimum atomic E-state index is -3.49. The first-order valence-corrected chi connectivity index (χ1v) is 12.1. The van der Waals surface area contributed by atoms with Crippen LogP contribution in [0.1, 0.15) is 64.8 Å². The van der Waals surface area contributed by atoms with Crippen molar-refractivity contribution in [1.82, 2.24) is 0 Å². The number of carbonyl (C=O) groups excluding carboxylic acids is 2. The van der Waals surface area contributed by atoms with Gasteiger partial charge in [-0.1, -0.05) is 6.07 Å². The minimum absolute atomic E-state index is 0.108. The molecule has 1 aromatic carbocycles. The molecule has 1 aromatic heterocycles. The first-order valence-electron chi connectivity index (χ1n) is 9.72. The van der Waals surface area contributed by atoms with Crippen LogP contribution in [0.15, 0.2) is 29.2 Å². The summed E-state index contributed by atoms with van der Waals surface area (Å²) in [7, 11) is -3.49. The summed E-state index contributed by atoms with van der Waals surface area (Å²) < 4.78 is 30.1. The first kappa shape index (κ1) is 21.5. The van der Waals surface area contributed by atoms with Crippen LogP contribution in [-0.2, 0) is 27.4 Å². The Labute approximate surface area is 175 Å². The fourth-order valence-corrected chi connectivity index (χ4v) is 5.71. The van der Waals surface area contributed by atoms with Crippen molar-refractivity contribution in [3.05, 3.63) is 45.8 Å². The zero-order chi connectivity index (χ0) is 21.2. The smallest absolute Gasteiger partial charge is 0.341 e. The predicted molar refractivity (Wildman–Crippen MR) is 114 cm³/mol. The van der Waals surface area contributed by atoms with E-state index in [0.29, 0.717) is 10.6 Å². The lowest BCUT2D eigenvalue weighted by Crippen LogP contribution is -2.17. The maximum Gasteiger partial charge on any atom is 0.341 e. The van der Waals surface area contributed by atoms with Crippen LogP contribution in [-0.4, -0.2) is 32.2 Å². The van der Waals surface area contributed by atoms with Crippen LogP contribution in [0.25, 0.3) is 0 Å². The summed E-state index contributed by atoms with van der Waals surface area (Å²) in [5.74, 6) is -0.881. The molecule has 0 saturated carbocycles. The number of hydrogen-bond acceptors (Lipinski definition) is 6. The number of benzene rings is 1. The van der Waals surface area contributed by atoms with E-state index in [1.54, 1.807) is 32.9 Å². The van der Waals surface area contributed by atoms with Gasteiger partial charge in [0.1, 0.15) is 5.00 Å². The van der Waals surface area contributed by atoms with Crippen molar-refractivity contribution in [2.75, 3.05) is 11.9 Å². The van der Waals surface area contributed by atoms with E-state index in [0.717, 1.165) is 36.1 Å². The average Bonchev–Trinajstić information content (AvgIpc) is 3.06. The van der Waals surface area contributed by atoms with E-state index in [1.807, 2.05) is 0 Å². The van der Waals surface area contributed by atoms with E-state index in [2.05, 4.69) is 5.32 Å². The maximum atomic E-state index is 12.9. The highest BCUT2D eigenvalue weighted by molar-refractivity contribution is 7.92. The minimum Gasteiger partial charge on any atom is -0.462 e. The molecule has 0 aliphatic heterocycles. The van der Waals surface area contributed by atoms with Crippen LogP contribution in [0.3, 0.4) is 0 Å². The Kier molecular flexibility index (Phi) is 6.43. The first-order chi connectivity index (χ1) is 13.8. The third-order valence-electron chi connectivity index (χ3n) is 4.92. The Hall–Kier alpha value is -2.19. The molecule has 0 bridgehead atoms. The second kappa shape index (κ2) is 8.67. The average molecular weight is 436 g/mol. The van der Waals surface area contributed by atoms with Crippen LogP contribution in [0.5, 0.6) is 0 Å². The third kappa shape index (κ3) is 4.38. The Morgan fingerprint density at radius 3 is 2.62 bits per heavy atom. The molecule has 0 spiro atoms. The van der Waals surface area contributed by atoms with Gasteiger partial charge in [0.15, 0.2) is 9.84 Å². The maximum absolute atomic E-state index is 12.9. The van der Waals surface area contributed by atoms with Crippen molar-refractivity contribution in [2.24, 2.45) is 0 Å². The van der Waals surface area contributed by atoms with Gasteiger partial charge in [-0.25, -0.2) is 13.2 Å². The van der Waals surface area contributed by atoms with E-state index < -0.39 is 27.0 Å². The van der Waals surface area contributed by atoms with E-state index in [9.17, 15) is 18.0 Å². The summed E-state index contributed by atoms with van der Waals surface area (Å²) in [6.45, 7) is 5.20. The number of sulfone groups is 1. The number of ether oxygens (including phenoxy) is 1. The van der Waals surface area contributed by atoms with Crippen LogP contribution in [0.2, 0.25) is 0 Å². The van der Waals surface area contributed by atoms with E-state index in [4.69, 9.17) is 4.74 Å². The summed E-state index contributed by atoms with van der Waals surface area (Å²) >= 11 is 1.40. The lowest BCUT2D eigenvalue weighted by Gasteiger charge is -2.12. The molecule has 1 N–H and O–H groups in total.